The quantitative estimate of drug-likeness (QED) is 0.688. The van der Waals surface area contributed by atoms with Crippen molar-refractivity contribution < 1.29 is 19.2 Å². The molecule has 1 aromatic rings. The molecule has 1 aromatic heterocycles. The monoisotopic (exact) mass is 227 g/mol. The van der Waals surface area contributed by atoms with Crippen molar-refractivity contribution in [2.24, 2.45) is 0 Å². The molecule has 5 nitrogen and oxygen atoms in total. The van der Waals surface area contributed by atoms with E-state index in [1.807, 2.05) is 6.07 Å². The van der Waals surface area contributed by atoms with E-state index in [0.717, 1.165) is 18.5 Å². The van der Waals surface area contributed by atoms with Gasteiger partial charge in [-0.2, -0.15) is 0 Å². The van der Waals surface area contributed by atoms with Gasteiger partial charge in [0.1, 0.15) is 6.61 Å². The number of hydrogen-bond acceptors (Lipinski definition) is 4. The Hall–Kier alpha value is -1.36. The van der Waals surface area contributed by atoms with Gasteiger partial charge in [0.2, 0.25) is 0 Å². The van der Waals surface area contributed by atoms with E-state index in [9.17, 15) is 4.79 Å². The highest BCUT2D eigenvalue weighted by Crippen LogP contribution is 2.07. The van der Waals surface area contributed by atoms with E-state index in [-0.39, 0.29) is 6.42 Å². The minimum absolute atomic E-state index is 0.136. The molecule has 0 aliphatic carbocycles. The van der Waals surface area contributed by atoms with Crippen molar-refractivity contribution in [2.75, 3.05) is 6.61 Å². The Kier molecular flexibility index (Phi) is 5.56. The summed E-state index contributed by atoms with van der Waals surface area (Å²) in [5.74, 6) is -0.104. The van der Waals surface area contributed by atoms with Crippen molar-refractivity contribution in [1.82, 2.24) is 5.16 Å². The van der Waals surface area contributed by atoms with Crippen LogP contribution in [0, 0.1) is 0 Å². The average molecular weight is 227 g/mol. The lowest BCUT2D eigenvalue weighted by molar-refractivity contribution is -0.137. The molecule has 0 aliphatic heterocycles. The van der Waals surface area contributed by atoms with Crippen LogP contribution in [0.2, 0.25) is 0 Å². The van der Waals surface area contributed by atoms with E-state index >= 15 is 0 Å². The van der Waals surface area contributed by atoms with E-state index in [0.29, 0.717) is 25.4 Å². The molecule has 0 bridgehead atoms. The molecule has 90 valence electrons. The summed E-state index contributed by atoms with van der Waals surface area (Å²) < 4.78 is 10.3. The fourth-order valence-electron chi connectivity index (χ4n) is 1.30. The minimum atomic E-state index is -0.798. The number of hydrogen-bond donors (Lipinski definition) is 1. The molecule has 0 amide bonds. The summed E-state index contributed by atoms with van der Waals surface area (Å²) >= 11 is 0. The summed E-state index contributed by atoms with van der Waals surface area (Å²) in [7, 11) is 0. The number of ether oxygens (including phenoxy) is 1. The van der Waals surface area contributed by atoms with Gasteiger partial charge >= 0.3 is 5.97 Å². The van der Waals surface area contributed by atoms with Gasteiger partial charge in [0.05, 0.1) is 5.69 Å². The highest BCUT2D eigenvalue weighted by atomic mass is 16.5. The van der Waals surface area contributed by atoms with Crippen LogP contribution in [-0.4, -0.2) is 22.8 Å². The van der Waals surface area contributed by atoms with Crippen molar-refractivity contribution in [3.63, 3.8) is 0 Å². The van der Waals surface area contributed by atoms with Gasteiger partial charge in [0.15, 0.2) is 5.76 Å². The third kappa shape index (κ3) is 4.93. The van der Waals surface area contributed by atoms with Gasteiger partial charge in [-0.15, -0.1) is 0 Å². The average Bonchev–Trinajstić information content (AvgIpc) is 2.65. The minimum Gasteiger partial charge on any atom is -0.481 e. The molecule has 0 radical (unpaired) electrons. The number of nitrogens with zero attached hydrogens (tertiary/aromatic N) is 1. The Balaban J connectivity index is 2.14. The molecule has 1 rings (SSSR count). The standard InChI is InChI=1S/C11H17NO4/c1-2-4-9-7-10(16-12-9)8-15-6-3-5-11(13)14/h7H,2-6,8H2,1H3,(H,13,14). The summed E-state index contributed by atoms with van der Waals surface area (Å²) in [5, 5.41) is 12.3. The largest absolute Gasteiger partial charge is 0.481 e. The molecule has 1 N–H and O–H groups in total. The van der Waals surface area contributed by atoms with Crippen LogP contribution in [-0.2, 0) is 22.6 Å². The lowest BCUT2D eigenvalue weighted by Crippen LogP contribution is -1.99. The second kappa shape index (κ2) is 7.00. The topological polar surface area (TPSA) is 72.6 Å². The number of aromatic nitrogens is 1. The number of rotatable bonds is 8. The summed E-state index contributed by atoms with van der Waals surface area (Å²) in [6.45, 7) is 2.86. The van der Waals surface area contributed by atoms with Crippen LogP contribution in [0.25, 0.3) is 0 Å². The SMILES string of the molecule is CCCc1cc(COCCCC(=O)O)on1. The van der Waals surface area contributed by atoms with Crippen LogP contribution in [0.3, 0.4) is 0 Å². The van der Waals surface area contributed by atoms with E-state index < -0.39 is 5.97 Å². The lowest BCUT2D eigenvalue weighted by Gasteiger charge is -1.98. The van der Waals surface area contributed by atoms with E-state index in [4.69, 9.17) is 14.4 Å². The first-order valence-electron chi connectivity index (χ1n) is 5.46. The predicted molar refractivity (Wildman–Crippen MR) is 57.0 cm³/mol. The van der Waals surface area contributed by atoms with E-state index in [2.05, 4.69) is 12.1 Å². The fraction of sp³-hybridized carbons (Fsp3) is 0.636. The van der Waals surface area contributed by atoms with Gasteiger partial charge in [-0.25, -0.2) is 0 Å². The smallest absolute Gasteiger partial charge is 0.303 e. The maximum Gasteiger partial charge on any atom is 0.303 e. The van der Waals surface area contributed by atoms with Crippen molar-refractivity contribution in [2.45, 2.75) is 39.2 Å². The molecule has 16 heavy (non-hydrogen) atoms. The van der Waals surface area contributed by atoms with E-state index in [1.54, 1.807) is 0 Å². The molecule has 0 aromatic carbocycles. The maximum absolute atomic E-state index is 10.2. The van der Waals surface area contributed by atoms with Crippen molar-refractivity contribution in [1.29, 1.82) is 0 Å². The van der Waals surface area contributed by atoms with Crippen molar-refractivity contribution >= 4 is 5.97 Å². The molecule has 0 fully saturated rings. The lowest BCUT2D eigenvalue weighted by atomic mass is 10.2. The van der Waals surface area contributed by atoms with Gasteiger partial charge in [0.25, 0.3) is 0 Å². The second-order valence-electron chi connectivity index (χ2n) is 3.58. The summed E-state index contributed by atoms with van der Waals surface area (Å²) in [6.07, 6.45) is 2.59. The maximum atomic E-state index is 10.2. The number of carboxylic acids is 1. The fourth-order valence-corrected chi connectivity index (χ4v) is 1.30. The van der Waals surface area contributed by atoms with Crippen LogP contribution in [0.15, 0.2) is 10.6 Å². The van der Waals surface area contributed by atoms with Crippen molar-refractivity contribution in [3.8, 4) is 0 Å². The van der Waals surface area contributed by atoms with E-state index in [1.165, 1.54) is 0 Å². The normalized spacial score (nSPS) is 10.6. The van der Waals surface area contributed by atoms with Gasteiger partial charge in [0, 0.05) is 19.1 Å². The zero-order valence-electron chi connectivity index (χ0n) is 9.44. The van der Waals surface area contributed by atoms with Gasteiger partial charge in [-0.05, 0) is 12.8 Å². The Labute approximate surface area is 94.4 Å². The highest BCUT2D eigenvalue weighted by molar-refractivity contribution is 5.66. The number of aryl methyl sites for hydroxylation is 1. The first-order chi connectivity index (χ1) is 7.72. The third-order valence-electron chi connectivity index (χ3n) is 2.04. The first kappa shape index (κ1) is 12.7. The summed E-state index contributed by atoms with van der Waals surface area (Å²) in [4.78, 5) is 10.2. The number of aliphatic carboxylic acids is 1. The number of carbonyl (C=O) groups is 1. The molecule has 0 atom stereocenters. The summed E-state index contributed by atoms with van der Waals surface area (Å²) in [5.41, 5.74) is 0.937. The predicted octanol–water partition coefficient (Wildman–Crippen LogP) is 2.01. The Morgan fingerprint density at radius 3 is 3.12 bits per heavy atom. The third-order valence-corrected chi connectivity index (χ3v) is 2.04. The van der Waals surface area contributed by atoms with Gasteiger partial charge < -0.3 is 14.4 Å². The second-order valence-corrected chi connectivity index (χ2v) is 3.58. The molecular weight excluding hydrogens is 210 g/mol. The zero-order valence-corrected chi connectivity index (χ0v) is 9.44. The molecular formula is C11H17NO4. The Morgan fingerprint density at radius 1 is 1.62 bits per heavy atom. The van der Waals surface area contributed by atoms with Crippen LogP contribution in [0.5, 0.6) is 0 Å². The molecule has 0 spiro atoms. The van der Waals surface area contributed by atoms with Crippen molar-refractivity contribution in [3.05, 3.63) is 17.5 Å². The molecule has 5 heteroatoms. The van der Waals surface area contributed by atoms with Crippen LogP contribution in [0.4, 0.5) is 0 Å². The van der Waals surface area contributed by atoms with Crippen LogP contribution < -0.4 is 0 Å². The molecule has 0 saturated carbocycles. The van der Waals surface area contributed by atoms with Crippen LogP contribution in [0.1, 0.15) is 37.6 Å². The highest BCUT2D eigenvalue weighted by Gasteiger charge is 2.03. The summed E-state index contributed by atoms with van der Waals surface area (Å²) in [6, 6.07) is 1.88. The first-order valence-corrected chi connectivity index (χ1v) is 5.46. The molecule has 0 saturated heterocycles. The Morgan fingerprint density at radius 2 is 2.44 bits per heavy atom. The molecule has 1 heterocycles. The molecule has 0 unspecified atom stereocenters. The van der Waals surface area contributed by atoms with Gasteiger partial charge in [-0.1, -0.05) is 18.5 Å². The molecule has 0 aliphatic rings. The van der Waals surface area contributed by atoms with Crippen LogP contribution >= 0.6 is 0 Å². The number of carboxylic acid groups (broad SMARTS) is 1. The zero-order chi connectivity index (χ0) is 11.8. The van der Waals surface area contributed by atoms with Gasteiger partial charge in [-0.3, -0.25) is 4.79 Å². The Bertz CT molecular complexity index is 322.